The molecule has 0 aliphatic carbocycles. The van der Waals surface area contributed by atoms with Crippen molar-refractivity contribution in [2.75, 3.05) is 13.2 Å². The highest BCUT2D eigenvalue weighted by Gasteiger charge is 2.14. The zero-order valence-corrected chi connectivity index (χ0v) is 15.6. The molecule has 1 heterocycles. The number of phenolic OH excluding ortho intramolecular Hbond substituents is 1. The summed E-state index contributed by atoms with van der Waals surface area (Å²) in [5, 5.41) is 13.8. The molecular weight excluding hydrogens is 375 g/mol. The first-order valence-electron chi connectivity index (χ1n) is 8.13. The summed E-state index contributed by atoms with van der Waals surface area (Å²) in [6, 6.07) is 10.5. The van der Waals surface area contributed by atoms with E-state index < -0.39 is 0 Å². The largest absolute Gasteiger partial charge is 0.508 e. The summed E-state index contributed by atoms with van der Waals surface area (Å²) in [5.74, 6) is 0.150. The number of hydrogen-bond donors (Lipinski definition) is 3. The summed E-state index contributed by atoms with van der Waals surface area (Å²) in [4.78, 5) is 15.5. The highest BCUT2D eigenvalue weighted by atomic mass is 35.5. The van der Waals surface area contributed by atoms with E-state index in [1.807, 2.05) is 31.2 Å². The van der Waals surface area contributed by atoms with Gasteiger partial charge in [0, 0.05) is 29.6 Å². The molecule has 5 nitrogen and oxygen atoms in total. The van der Waals surface area contributed by atoms with Crippen molar-refractivity contribution in [3.63, 3.8) is 0 Å². The van der Waals surface area contributed by atoms with Gasteiger partial charge in [0.05, 0.1) is 16.7 Å². The van der Waals surface area contributed by atoms with E-state index in [9.17, 15) is 9.90 Å². The molecule has 2 aromatic carbocycles. The number of amides is 1. The van der Waals surface area contributed by atoms with Crippen LogP contribution < -0.4 is 10.1 Å². The molecule has 7 heteroatoms. The Morgan fingerprint density at radius 1 is 1.23 bits per heavy atom. The number of H-pyrrole nitrogens is 1. The highest BCUT2D eigenvalue weighted by Crippen LogP contribution is 2.36. The van der Waals surface area contributed by atoms with Crippen LogP contribution in [0.2, 0.25) is 10.0 Å². The predicted octanol–water partition coefficient (Wildman–Crippen LogP) is 4.69. The summed E-state index contributed by atoms with van der Waals surface area (Å²) in [7, 11) is 0. The number of carbonyl (C=O) groups excluding carboxylic acids is 1. The third kappa shape index (κ3) is 3.89. The van der Waals surface area contributed by atoms with Gasteiger partial charge in [-0.05, 0) is 25.0 Å². The summed E-state index contributed by atoms with van der Waals surface area (Å²) < 4.78 is 5.55. The van der Waals surface area contributed by atoms with Gasteiger partial charge in [-0.25, -0.2) is 0 Å². The number of rotatable bonds is 6. The minimum absolute atomic E-state index is 0.0201. The quantitative estimate of drug-likeness (QED) is 0.532. The van der Waals surface area contributed by atoms with Crippen molar-refractivity contribution in [2.45, 2.75) is 13.3 Å². The molecule has 0 atom stereocenters. The van der Waals surface area contributed by atoms with Crippen LogP contribution >= 0.6 is 23.2 Å². The molecule has 1 amide bonds. The molecule has 3 rings (SSSR count). The average Bonchev–Trinajstić information content (AvgIpc) is 2.93. The fourth-order valence-electron chi connectivity index (χ4n) is 2.73. The van der Waals surface area contributed by atoms with Gasteiger partial charge in [0.15, 0.2) is 5.75 Å². The second kappa shape index (κ2) is 7.89. The van der Waals surface area contributed by atoms with Gasteiger partial charge < -0.3 is 20.1 Å². The van der Waals surface area contributed by atoms with Crippen molar-refractivity contribution >= 4 is 40.0 Å². The summed E-state index contributed by atoms with van der Waals surface area (Å²) in [6.45, 7) is 2.70. The van der Waals surface area contributed by atoms with Gasteiger partial charge in [0.1, 0.15) is 11.4 Å². The maximum absolute atomic E-state index is 12.4. The molecule has 1 aromatic heterocycles. The third-order valence-electron chi connectivity index (χ3n) is 4.03. The van der Waals surface area contributed by atoms with Crippen LogP contribution in [0.3, 0.4) is 0 Å². The third-order valence-corrected chi connectivity index (χ3v) is 4.59. The molecule has 0 saturated heterocycles. The lowest BCUT2D eigenvalue weighted by atomic mass is 10.1. The Bertz CT molecular complexity index is 930. The highest BCUT2D eigenvalue weighted by molar-refractivity contribution is 6.37. The monoisotopic (exact) mass is 392 g/mol. The molecule has 0 bridgehead atoms. The van der Waals surface area contributed by atoms with E-state index in [1.54, 1.807) is 0 Å². The van der Waals surface area contributed by atoms with Crippen LogP contribution in [0.1, 0.15) is 22.5 Å². The number of aromatic hydroxyl groups is 1. The first-order chi connectivity index (χ1) is 12.5. The maximum atomic E-state index is 12.4. The van der Waals surface area contributed by atoms with E-state index in [0.29, 0.717) is 31.0 Å². The van der Waals surface area contributed by atoms with Gasteiger partial charge in [-0.2, -0.15) is 0 Å². The van der Waals surface area contributed by atoms with Crippen LogP contribution in [0.4, 0.5) is 0 Å². The first-order valence-corrected chi connectivity index (χ1v) is 8.89. The SMILES string of the molecule is Cc1c(C(=O)NCCCOc2c(Cl)cc(O)cc2Cl)[nH]c2ccccc12. The fraction of sp³-hybridized carbons (Fsp3) is 0.211. The van der Waals surface area contributed by atoms with Crippen molar-refractivity contribution in [3.05, 3.63) is 57.7 Å². The summed E-state index contributed by atoms with van der Waals surface area (Å²) in [6.07, 6.45) is 0.582. The van der Waals surface area contributed by atoms with E-state index in [-0.39, 0.29) is 21.7 Å². The van der Waals surface area contributed by atoms with Crippen LogP contribution in [-0.2, 0) is 0 Å². The lowest BCUT2D eigenvalue weighted by molar-refractivity contribution is 0.0947. The van der Waals surface area contributed by atoms with Crippen LogP contribution in [0.15, 0.2) is 36.4 Å². The summed E-state index contributed by atoms with van der Waals surface area (Å²) >= 11 is 12.0. The number of aromatic nitrogens is 1. The standard InChI is InChI=1S/C19H18Cl2N2O3/c1-11-13-5-2-3-6-16(13)23-17(11)19(25)22-7-4-8-26-18-14(20)9-12(24)10-15(18)21/h2-3,5-6,9-10,23-24H,4,7-8H2,1H3,(H,22,25). The smallest absolute Gasteiger partial charge is 0.268 e. The average molecular weight is 393 g/mol. The van der Waals surface area contributed by atoms with Crippen LogP contribution in [0.25, 0.3) is 10.9 Å². The van der Waals surface area contributed by atoms with Crippen molar-refractivity contribution in [1.82, 2.24) is 10.3 Å². The Morgan fingerprint density at radius 3 is 2.62 bits per heavy atom. The van der Waals surface area contributed by atoms with E-state index in [2.05, 4.69) is 10.3 Å². The molecule has 0 spiro atoms. The van der Waals surface area contributed by atoms with Gasteiger partial charge in [0.2, 0.25) is 0 Å². The Balaban J connectivity index is 1.52. The molecule has 0 saturated carbocycles. The molecular formula is C19H18Cl2N2O3. The zero-order valence-electron chi connectivity index (χ0n) is 14.1. The van der Waals surface area contributed by atoms with E-state index in [0.717, 1.165) is 16.5 Å². The number of carbonyl (C=O) groups is 1. The Morgan fingerprint density at radius 2 is 1.92 bits per heavy atom. The van der Waals surface area contributed by atoms with Crippen LogP contribution in [0, 0.1) is 6.92 Å². The number of aryl methyl sites for hydroxylation is 1. The fourth-order valence-corrected chi connectivity index (χ4v) is 3.32. The molecule has 0 aliphatic heterocycles. The molecule has 0 radical (unpaired) electrons. The van der Waals surface area contributed by atoms with Gasteiger partial charge in [-0.15, -0.1) is 0 Å². The normalized spacial score (nSPS) is 10.9. The maximum Gasteiger partial charge on any atom is 0.268 e. The second-order valence-corrected chi connectivity index (χ2v) is 6.68. The lowest BCUT2D eigenvalue weighted by Gasteiger charge is -2.10. The minimum Gasteiger partial charge on any atom is -0.508 e. The van der Waals surface area contributed by atoms with Crippen molar-refractivity contribution < 1.29 is 14.6 Å². The number of ether oxygens (including phenoxy) is 1. The van der Waals surface area contributed by atoms with Gasteiger partial charge in [-0.3, -0.25) is 4.79 Å². The molecule has 0 unspecified atom stereocenters. The minimum atomic E-state index is -0.153. The van der Waals surface area contributed by atoms with E-state index in [4.69, 9.17) is 27.9 Å². The lowest BCUT2D eigenvalue weighted by Crippen LogP contribution is -2.26. The number of para-hydroxylation sites is 1. The number of hydrogen-bond acceptors (Lipinski definition) is 3. The number of aromatic amines is 1. The zero-order chi connectivity index (χ0) is 18.7. The summed E-state index contributed by atoms with van der Waals surface area (Å²) in [5.41, 5.74) is 2.43. The van der Waals surface area contributed by atoms with Crippen molar-refractivity contribution in [1.29, 1.82) is 0 Å². The van der Waals surface area contributed by atoms with Crippen LogP contribution in [0.5, 0.6) is 11.5 Å². The van der Waals surface area contributed by atoms with Gasteiger partial charge in [-0.1, -0.05) is 41.4 Å². The molecule has 0 fully saturated rings. The van der Waals surface area contributed by atoms with Crippen molar-refractivity contribution in [3.8, 4) is 11.5 Å². The molecule has 26 heavy (non-hydrogen) atoms. The van der Waals surface area contributed by atoms with Gasteiger partial charge >= 0.3 is 0 Å². The Kier molecular flexibility index (Phi) is 5.59. The number of halogens is 2. The number of nitrogens with one attached hydrogen (secondary N) is 2. The topological polar surface area (TPSA) is 74.3 Å². The van der Waals surface area contributed by atoms with Crippen LogP contribution in [-0.4, -0.2) is 29.1 Å². The number of fused-ring (bicyclic) bond motifs is 1. The molecule has 3 aromatic rings. The second-order valence-electron chi connectivity index (χ2n) is 5.87. The number of phenols is 1. The van der Waals surface area contributed by atoms with Gasteiger partial charge in [0.25, 0.3) is 5.91 Å². The first kappa shape index (κ1) is 18.4. The molecule has 3 N–H and O–H groups in total. The van der Waals surface area contributed by atoms with E-state index in [1.165, 1.54) is 12.1 Å². The number of benzene rings is 2. The van der Waals surface area contributed by atoms with Crippen molar-refractivity contribution in [2.24, 2.45) is 0 Å². The van der Waals surface area contributed by atoms with E-state index >= 15 is 0 Å². The Hall–Kier alpha value is -2.37. The predicted molar refractivity (Wildman–Crippen MR) is 104 cm³/mol. The Labute approximate surface area is 160 Å². The molecule has 136 valence electrons. The molecule has 0 aliphatic rings.